The van der Waals surface area contributed by atoms with Gasteiger partial charge in [0.05, 0.1) is 0 Å². The van der Waals surface area contributed by atoms with Gasteiger partial charge in [0.25, 0.3) is 0 Å². The van der Waals surface area contributed by atoms with Gasteiger partial charge in [-0.15, -0.1) is 0 Å². The van der Waals surface area contributed by atoms with Gasteiger partial charge in [-0.25, -0.2) is 0 Å². The molecule has 0 unspecified atom stereocenters. The predicted molar refractivity (Wildman–Crippen MR) is 52.1 cm³/mol. The van der Waals surface area contributed by atoms with Gasteiger partial charge in [0.1, 0.15) is 0 Å². The molecule has 1 aromatic carbocycles. The Kier molecular flexibility index (Phi) is 2.59. The minimum atomic E-state index is -0.903. The molecular formula is C8H13SbSi. The summed E-state index contributed by atoms with van der Waals surface area (Å²) in [5.41, 5.74) is -0.903. The quantitative estimate of drug-likeness (QED) is 0.652. The molecule has 0 fully saturated rings. The first-order valence-corrected chi connectivity index (χ1v) is 11.5. The molecule has 0 saturated heterocycles. The standard InChI is InChI=1S/C8H11Si.Sb.2H/c1-9(2)8-6-4-3-5-7-8;;;/h3-7H,1-2H3;;;. The van der Waals surface area contributed by atoms with Crippen LogP contribution < -0.4 is 5.19 Å². The van der Waals surface area contributed by atoms with Gasteiger partial charge in [0.15, 0.2) is 0 Å². The molecule has 0 spiro atoms. The maximum atomic E-state index is 2.42. The molecule has 0 N–H and O–H groups in total. The van der Waals surface area contributed by atoms with Crippen molar-refractivity contribution in [2.75, 3.05) is 0 Å². The molecule has 1 aromatic rings. The zero-order valence-corrected chi connectivity index (χ0v) is 10.8. The average molecular weight is 259 g/mol. The predicted octanol–water partition coefficient (Wildman–Crippen LogP) is 0.732. The topological polar surface area (TPSA) is 0 Å². The van der Waals surface area contributed by atoms with E-state index in [9.17, 15) is 0 Å². The summed E-state index contributed by atoms with van der Waals surface area (Å²) in [6.07, 6.45) is 0. The van der Waals surface area contributed by atoms with Gasteiger partial charge >= 0.3 is 76.3 Å². The van der Waals surface area contributed by atoms with Gasteiger partial charge in [-0.3, -0.25) is 0 Å². The van der Waals surface area contributed by atoms with Crippen molar-refractivity contribution >= 4 is 32.9 Å². The second-order valence-corrected chi connectivity index (χ2v) is 19.5. The van der Waals surface area contributed by atoms with Gasteiger partial charge in [-0.1, -0.05) is 0 Å². The number of hydrogen-bond donors (Lipinski definition) is 0. The van der Waals surface area contributed by atoms with Crippen molar-refractivity contribution in [1.82, 2.24) is 0 Å². The first kappa shape index (κ1) is 8.35. The fourth-order valence-electron chi connectivity index (χ4n) is 0.868. The molecule has 2 heteroatoms. The van der Waals surface area contributed by atoms with Crippen LogP contribution in [0.25, 0.3) is 0 Å². The number of hydrogen-bond acceptors (Lipinski definition) is 0. The van der Waals surface area contributed by atoms with Gasteiger partial charge in [0, 0.05) is 0 Å². The van der Waals surface area contributed by atoms with Crippen molar-refractivity contribution in [2.24, 2.45) is 0 Å². The van der Waals surface area contributed by atoms with Crippen LogP contribution in [-0.4, -0.2) is 27.7 Å². The molecule has 0 radical (unpaired) electrons. The molecule has 0 aliphatic carbocycles. The summed E-state index contributed by atoms with van der Waals surface area (Å²) in [6.45, 7) is 4.84. The third kappa shape index (κ3) is 2.14. The van der Waals surface area contributed by atoms with E-state index in [0.29, 0.717) is 0 Å². The van der Waals surface area contributed by atoms with Crippen LogP contribution in [0.3, 0.4) is 0 Å². The van der Waals surface area contributed by atoms with Crippen molar-refractivity contribution < 1.29 is 0 Å². The third-order valence-electron chi connectivity index (χ3n) is 1.52. The molecule has 1 rings (SSSR count). The normalized spacial score (nSPS) is 11.5. The molecule has 0 saturated carbocycles. The van der Waals surface area contributed by atoms with E-state index in [1.54, 1.807) is 5.19 Å². The van der Waals surface area contributed by atoms with Gasteiger partial charge in [0.2, 0.25) is 0 Å². The van der Waals surface area contributed by atoms with Crippen molar-refractivity contribution in [3.05, 3.63) is 30.3 Å². The molecule has 0 amide bonds. The molecule has 0 bridgehead atoms. The second-order valence-electron chi connectivity index (χ2n) is 3.09. The Balaban J connectivity index is 2.97. The van der Waals surface area contributed by atoms with Crippen LogP contribution in [0.2, 0.25) is 13.1 Å². The van der Waals surface area contributed by atoms with Crippen molar-refractivity contribution in [3.8, 4) is 0 Å². The first-order chi connectivity index (χ1) is 4.61. The SMILES string of the molecule is C[Si](C)([SbH2])c1ccccc1. The Morgan fingerprint density at radius 3 is 1.90 bits per heavy atom. The van der Waals surface area contributed by atoms with E-state index in [0.717, 1.165) is 0 Å². The Morgan fingerprint density at radius 2 is 1.60 bits per heavy atom. The Labute approximate surface area is 76.2 Å². The van der Waals surface area contributed by atoms with E-state index < -0.39 is 5.50 Å². The van der Waals surface area contributed by atoms with Crippen molar-refractivity contribution in [3.63, 3.8) is 0 Å². The van der Waals surface area contributed by atoms with Crippen LogP contribution in [0.1, 0.15) is 0 Å². The molecular weight excluding hydrogens is 246 g/mol. The van der Waals surface area contributed by atoms with Crippen molar-refractivity contribution in [2.45, 2.75) is 13.1 Å². The van der Waals surface area contributed by atoms with Crippen LogP contribution in [0.5, 0.6) is 0 Å². The van der Waals surface area contributed by atoms with Crippen LogP contribution in [0.15, 0.2) is 30.3 Å². The van der Waals surface area contributed by atoms with Crippen LogP contribution in [0.4, 0.5) is 0 Å². The number of benzene rings is 1. The van der Waals surface area contributed by atoms with Gasteiger partial charge in [-0.05, 0) is 0 Å². The molecule has 0 heterocycles. The van der Waals surface area contributed by atoms with Crippen molar-refractivity contribution in [1.29, 1.82) is 0 Å². The van der Waals surface area contributed by atoms with Crippen LogP contribution >= 0.6 is 0 Å². The molecule has 0 nitrogen and oxygen atoms in total. The van der Waals surface area contributed by atoms with E-state index in [1.807, 2.05) is 0 Å². The molecule has 10 heavy (non-hydrogen) atoms. The third-order valence-corrected chi connectivity index (χ3v) is 6.19. The Hall–Kier alpha value is 0.255. The fourth-order valence-corrected chi connectivity index (χ4v) is 3.57. The van der Waals surface area contributed by atoms with Gasteiger partial charge < -0.3 is 0 Å². The Morgan fingerprint density at radius 1 is 1.10 bits per heavy atom. The summed E-state index contributed by atoms with van der Waals surface area (Å²) in [7, 11) is 0. The van der Waals surface area contributed by atoms with Gasteiger partial charge in [-0.2, -0.15) is 0 Å². The first-order valence-electron chi connectivity index (χ1n) is 3.45. The summed E-state index contributed by atoms with van der Waals surface area (Å²) in [4.78, 5) is 0. The zero-order valence-electron chi connectivity index (χ0n) is 6.46. The van der Waals surface area contributed by atoms with E-state index in [1.165, 1.54) is 22.2 Å². The molecule has 0 aliphatic heterocycles. The van der Waals surface area contributed by atoms with E-state index >= 15 is 0 Å². The van der Waals surface area contributed by atoms with E-state index in [2.05, 4.69) is 43.4 Å². The Bertz CT molecular complexity index is 200. The monoisotopic (exact) mass is 258 g/mol. The summed E-state index contributed by atoms with van der Waals surface area (Å²) in [6, 6.07) is 10.9. The molecule has 0 aliphatic rings. The summed E-state index contributed by atoms with van der Waals surface area (Å²) < 4.78 is 0. The van der Waals surface area contributed by atoms with Crippen LogP contribution in [-0.2, 0) is 0 Å². The number of rotatable bonds is 1. The minimum absolute atomic E-state index is 0.903. The molecule has 0 aromatic heterocycles. The maximum absolute atomic E-state index is 2.42. The van der Waals surface area contributed by atoms with Crippen LogP contribution in [0, 0.1) is 0 Å². The fraction of sp³-hybridized carbons (Fsp3) is 0.250. The summed E-state index contributed by atoms with van der Waals surface area (Å²) in [5, 5.41) is 1.59. The summed E-state index contributed by atoms with van der Waals surface area (Å²) in [5.74, 6) is 0. The zero-order chi connectivity index (χ0) is 7.61. The molecule has 54 valence electrons. The van der Waals surface area contributed by atoms with E-state index in [-0.39, 0.29) is 0 Å². The second kappa shape index (κ2) is 3.10. The molecule has 0 atom stereocenters. The summed E-state index contributed by atoms with van der Waals surface area (Å²) >= 11 is 1.42. The average Bonchev–Trinajstić information content (AvgIpc) is 1.88. The van der Waals surface area contributed by atoms with E-state index in [4.69, 9.17) is 0 Å².